The lowest BCUT2D eigenvalue weighted by Crippen LogP contribution is -2.02. The summed E-state index contributed by atoms with van der Waals surface area (Å²) in [4.78, 5) is 14.6. The SMILES string of the molecule is N#CCCOc1nc(N)nc2nc[nH]c12. The number of aromatic amines is 1. The van der Waals surface area contributed by atoms with E-state index in [1.165, 1.54) is 6.33 Å². The van der Waals surface area contributed by atoms with Gasteiger partial charge in [0, 0.05) is 0 Å². The second-order valence-electron chi connectivity index (χ2n) is 2.74. The molecule has 15 heavy (non-hydrogen) atoms. The Morgan fingerprint density at radius 1 is 1.53 bits per heavy atom. The number of aromatic nitrogens is 4. The number of nitrogens with two attached hydrogens (primary N) is 1. The largest absolute Gasteiger partial charge is 0.475 e. The molecule has 0 saturated heterocycles. The van der Waals surface area contributed by atoms with Crippen molar-refractivity contribution in [1.29, 1.82) is 5.26 Å². The monoisotopic (exact) mass is 204 g/mol. The zero-order valence-corrected chi connectivity index (χ0v) is 7.77. The standard InChI is InChI=1S/C8H8N6O/c9-2-1-3-15-7-5-6(12-4-11-5)13-8(10)14-7/h4H,1,3H2,(H3,10,11,12,13,14). The van der Waals surface area contributed by atoms with Crippen molar-refractivity contribution in [2.45, 2.75) is 6.42 Å². The summed E-state index contributed by atoms with van der Waals surface area (Å²) in [5.41, 5.74) is 6.51. The summed E-state index contributed by atoms with van der Waals surface area (Å²) in [6.07, 6.45) is 1.77. The van der Waals surface area contributed by atoms with Crippen molar-refractivity contribution >= 4 is 17.1 Å². The highest BCUT2D eigenvalue weighted by molar-refractivity contribution is 5.76. The molecule has 0 unspecified atom stereocenters. The smallest absolute Gasteiger partial charge is 0.245 e. The number of anilines is 1. The van der Waals surface area contributed by atoms with Crippen LogP contribution in [-0.4, -0.2) is 26.5 Å². The highest BCUT2D eigenvalue weighted by atomic mass is 16.5. The van der Waals surface area contributed by atoms with Crippen LogP contribution in [0.5, 0.6) is 5.88 Å². The summed E-state index contributed by atoms with van der Waals surface area (Å²) in [6, 6.07) is 1.97. The predicted octanol–water partition coefficient (Wildman–Crippen LogP) is 0.228. The van der Waals surface area contributed by atoms with E-state index in [-0.39, 0.29) is 12.6 Å². The average molecular weight is 204 g/mol. The Balaban J connectivity index is 2.32. The van der Waals surface area contributed by atoms with Crippen LogP contribution in [0.2, 0.25) is 0 Å². The Morgan fingerprint density at radius 2 is 2.40 bits per heavy atom. The van der Waals surface area contributed by atoms with Crippen LogP contribution in [0.1, 0.15) is 6.42 Å². The molecule has 0 radical (unpaired) electrons. The first-order valence-electron chi connectivity index (χ1n) is 4.27. The second-order valence-corrected chi connectivity index (χ2v) is 2.74. The number of nitriles is 1. The van der Waals surface area contributed by atoms with Crippen LogP contribution in [0.4, 0.5) is 5.95 Å². The topological polar surface area (TPSA) is 114 Å². The zero-order chi connectivity index (χ0) is 10.7. The maximum Gasteiger partial charge on any atom is 0.245 e. The number of ether oxygens (including phenoxy) is 1. The lowest BCUT2D eigenvalue weighted by atomic mass is 10.5. The number of nitrogens with one attached hydrogen (secondary N) is 1. The van der Waals surface area contributed by atoms with Gasteiger partial charge in [-0.2, -0.15) is 15.2 Å². The van der Waals surface area contributed by atoms with E-state index in [1.54, 1.807) is 0 Å². The van der Waals surface area contributed by atoms with Gasteiger partial charge in [0.25, 0.3) is 0 Å². The summed E-state index contributed by atoms with van der Waals surface area (Å²) in [6.45, 7) is 0.265. The zero-order valence-electron chi connectivity index (χ0n) is 7.77. The van der Waals surface area contributed by atoms with Crippen LogP contribution in [0.15, 0.2) is 6.33 Å². The minimum absolute atomic E-state index is 0.0987. The van der Waals surface area contributed by atoms with Gasteiger partial charge in [-0.05, 0) is 0 Å². The molecule has 0 fully saturated rings. The predicted molar refractivity (Wildman–Crippen MR) is 51.8 cm³/mol. The van der Waals surface area contributed by atoms with Crippen LogP contribution in [0.25, 0.3) is 11.2 Å². The van der Waals surface area contributed by atoms with Gasteiger partial charge in [-0.3, -0.25) is 0 Å². The molecule has 0 saturated carbocycles. The number of H-pyrrole nitrogens is 1. The molecular weight excluding hydrogens is 196 g/mol. The summed E-state index contributed by atoms with van der Waals surface area (Å²) >= 11 is 0. The van der Waals surface area contributed by atoms with Gasteiger partial charge in [0.05, 0.1) is 18.8 Å². The molecule has 2 heterocycles. The van der Waals surface area contributed by atoms with Crippen LogP contribution in [-0.2, 0) is 0 Å². The summed E-state index contributed by atoms with van der Waals surface area (Å²) in [7, 11) is 0. The van der Waals surface area contributed by atoms with Crippen LogP contribution < -0.4 is 10.5 Å². The van der Waals surface area contributed by atoms with E-state index in [9.17, 15) is 0 Å². The van der Waals surface area contributed by atoms with Crippen molar-refractivity contribution in [3.05, 3.63) is 6.33 Å². The molecule has 2 aromatic heterocycles. The molecule has 0 atom stereocenters. The first-order chi connectivity index (χ1) is 7.31. The summed E-state index contributed by atoms with van der Waals surface area (Å²) in [5, 5.41) is 8.36. The number of hydrogen-bond donors (Lipinski definition) is 2. The van der Waals surface area contributed by atoms with Crippen LogP contribution >= 0.6 is 0 Å². The number of imidazole rings is 1. The molecule has 76 valence electrons. The van der Waals surface area contributed by atoms with Gasteiger partial charge in [-0.15, -0.1) is 0 Å². The Morgan fingerprint density at radius 3 is 3.20 bits per heavy atom. The van der Waals surface area contributed by atoms with Gasteiger partial charge in [-0.1, -0.05) is 0 Å². The van der Waals surface area contributed by atoms with Gasteiger partial charge in [0.2, 0.25) is 11.8 Å². The van der Waals surface area contributed by atoms with Gasteiger partial charge in [0.1, 0.15) is 12.1 Å². The van der Waals surface area contributed by atoms with Crippen molar-refractivity contribution in [2.24, 2.45) is 0 Å². The highest BCUT2D eigenvalue weighted by Crippen LogP contribution is 2.19. The molecule has 0 aliphatic rings. The fourth-order valence-corrected chi connectivity index (χ4v) is 1.12. The molecule has 0 aliphatic carbocycles. The molecule has 0 aliphatic heterocycles. The molecule has 0 spiro atoms. The maximum atomic E-state index is 8.36. The van der Waals surface area contributed by atoms with E-state index in [0.717, 1.165) is 0 Å². The van der Waals surface area contributed by atoms with Gasteiger partial charge in [-0.25, -0.2) is 4.98 Å². The maximum absolute atomic E-state index is 8.36. The van der Waals surface area contributed by atoms with Gasteiger partial charge in [0.15, 0.2) is 5.65 Å². The first-order valence-corrected chi connectivity index (χ1v) is 4.27. The quantitative estimate of drug-likeness (QED) is 0.691. The van der Waals surface area contributed by atoms with Crippen molar-refractivity contribution < 1.29 is 4.74 Å². The summed E-state index contributed by atoms with van der Waals surface area (Å²) in [5.74, 6) is 0.423. The van der Waals surface area contributed by atoms with E-state index < -0.39 is 0 Å². The van der Waals surface area contributed by atoms with E-state index in [1.807, 2.05) is 6.07 Å². The van der Waals surface area contributed by atoms with E-state index >= 15 is 0 Å². The van der Waals surface area contributed by atoms with Crippen LogP contribution in [0.3, 0.4) is 0 Å². The number of nitrogens with zero attached hydrogens (tertiary/aromatic N) is 4. The van der Waals surface area contributed by atoms with E-state index in [2.05, 4.69) is 19.9 Å². The number of rotatable bonds is 3. The third kappa shape index (κ3) is 1.78. The normalized spacial score (nSPS) is 10.1. The van der Waals surface area contributed by atoms with E-state index in [4.69, 9.17) is 15.7 Å². The summed E-state index contributed by atoms with van der Waals surface area (Å²) < 4.78 is 5.27. The molecule has 0 bridgehead atoms. The third-order valence-corrected chi connectivity index (χ3v) is 1.72. The first kappa shape index (κ1) is 9.21. The Bertz CT molecular complexity index is 513. The molecule has 3 N–H and O–H groups in total. The minimum Gasteiger partial charge on any atom is -0.475 e. The fourth-order valence-electron chi connectivity index (χ4n) is 1.12. The lowest BCUT2D eigenvalue weighted by molar-refractivity contribution is 0.317. The van der Waals surface area contributed by atoms with Gasteiger partial charge < -0.3 is 15.5 Å². The number of fused-ring (bicyclic) bond motifs is 1. The van der Waals surface area contributed by atoms with E-state index in [0.29, 0.717) is 23.5 Å². The molecular formula is C8H8N6O. The second kappa shape index (κ2) is 3.79. The minimum atomic E-state index is 0.0987. The molecule has 0 amide bonds. The van der Waals surface area contributed by atoms with Gasteiger partial charge >= 0.3 is 0 Å². The molecule has 2 rings (SSSR count). The Labute approximate surface area is 84.9 Å². The number of nitrogen functional groups attached to an aromatic ring is 1. The lowest BCUT2D eigenvalue weighted by Gasteiger charge is -2.03. The molecule has 0 aromatic carbocycles. The van der Waals surface area contributed by atoms with Crippen molar-refractivity contribution in [3.8, 4) is 11.9 Å². The molecule has 7 nitrogen and oxygen atoms in total. The van der Waals surface area contributed by atoms with Crippen molar-refractivity contribution in [2.75, 3.05) is 12.3 Å². The van der Waals surface area contributed by atoms with Crippen molar-refractivity contribution in [3.63, 3.8) is 0 Å². The fraction of sp³-hybridized carbons (Fsp3) is 0.250. The highest BCUT2D eigenvalue weighted by Gasteiger charge is 2.08. The third-order valence-electron chi connectivity index (χ3n) is 1.72. The van der Waals surface area contributed by atoms with Crippen molar-refractivity contribution in [1.82, 2.24) is 19.9 Å². The molecule has 7 heteroatoms. The molecule has 2 aromatic rings. The van der Waals surface area contributed by atoms with Crippen LogP contribution in [0, 0.1) is 11.3 Å². The number of hydrogen-bond acceptors (Lipinski definition) is 6. The average Bonchev–Trinajstić information content (AvgIpc) is 2.65. The Kier molecular flexibility index (Phi) is 2.33. The Hall–Kier alpha value is -2.36.